The number of thioether (sulfide) groups is 1. The summed E-state index contributed by atoms with van der Waals surface area (Å²) in [6, 6.07) is 11.2. The zero-order valence-corrected chi connectivity index (χ0v) is 19.9. The van der Waals surface area contributed by atoms with Gasteiger partial charge in [0.2, 0.25) is 5.91 Å². The van der Waals surface area contributed by atoms with Crippen LogP contribution in [0.25, 0.3) is 10.9 Å². The number of pyridine rings is 1. The van der Waals surface area contributed by atoms with Gasteiger partial charge in [0.25, 0.3) is 5.56 Å². The average molecular weight is 511 g/mol. The summed E-state index contributed by atoms with van der Waals surface area (Å²) in [6.45, 7) is 0.806. The minimum absolute atomic E-state index is 0.0965. The van der Waals surface area contributed by atoms with Crippen LogP contribution in [0.1, 0.15) is 18.0 Å². The number of hydrogen-bond donors (Lipinski definition) is 3. The fraction of sp³-hybridized carbons (Fsp3) is 0.320. The van der Waals surface area contributed by atoms with Gasteiger partial charge in [-0.1, -0.05) is 0 Å². The number of nitrogens with zero attached hydrogens (tertiary/aromatic N) is 2. The third kappa shape index (κ3) is 3.93. The Hall–Kier alpha value is -3.41. The number of halogens is 1. The molecule has 6 rings (SSSR count). The molecule has 0 radical (unpaired) electrons. The fourth-order valence-electron chi connectivity index (χ4n) is 5.08. The highest BCUT2D eigenvalue weighted by molar-refractivity contribution is 8.00. The van der Waals surface area contributed by atoms with Crippen LogP contribution in [0.5, 0.6) is 0 Å². The first-order valence-electron chi connectivity index (χ1n) is 11.7. The lowest BCUT2D eigenvalue weighted by Gasteiger charge is -2.20. The number of nitrogens with one attached hydrogen (secondary N) is 2. The Labute approximate surface area is 209 Å². The van der Waals surface area contributed by atoms with Crippen LogP contribution in [0, 0.1) is 5.82 Å². The highest BCUT2D eigenvalue weighted by Crippen LogP contribution is 2.36. The van der Waals surface area contributed by atoms with Gasteiger partial charge in [0.05, 0.1) is 35.6 Å². The van der Waals surface area contributed by atoms with Crippen molar-refractivity contribution in [1.82, 2.24) is 9.88 Å². The molecule has 3 N–H and O–H groups in total. The molecule has 3 aromatic rings. The van der Waals surface area contributed by atoms with E-state index in [2.05, 4.69) is 10.6 Å². The molecule has 1 saturated heterocycles. The Bertz CT molecular complexity index is 1460. The van der Waals surface area contributed by atoms with Crippen molar-refractivity contribution >= 4 is 46.0 Å². The van der Waals surface area contributed by atoms with Gasteiger partial charge in [-0.15, -0.1) is 11.8 Å². The van der Waals surface area contributed by atoms with Crippen LogP contribution in [-0.4, -0.2) is 52.7 Å². The van der Waals surface area contributed by atoms with Gasteiger partial charge in [-0.3, -0.25) is 14.5 Å². The van der Waals surface area contributed by atoms with Crippen molar-refractivity contribution in [1.29, 1.82) is 0 Å². The lowest BCUT2D eigenvalue weighted by molar-refractivity contribution is -0.113. The first-order chi connectivity index (χ1) is 17.4. The fourth-order valence-corrected chi connectivity index (χ4v) is 5.87. The number of carbonyl (C=O) groups excluding carboxylic acids is 2. The Morgan fingerprint density at radius 2 is 2.00 bits per heavy atom. The van der Waals surface area contributed by atoms with E-state index in [1.807, 2.05) is 6.07 Å². The quantitative estimate of drug-likeness (QED) is 0.467. The van der Waals surface area contributed by atoms with Crippen molar-refractivity contribution in [3.8, 4) is 0 Å². The number of ether oxygens (including phenoxy) is 1. The number of cyclic esters (lactones) is 1. The number of aromatic nitrogens is 1. The molecule has 3 aliphatic heterocycles. The van der Waals surface area contributed by atoms with E-state index >= 15 is 0 Å². The molecular weight excluding hydrogens is 487 g/mol. The molecule has 2 amide bonds. The van der Waals surface area contributed by atoms with E-state index in [1.165, 1.54) is 28.8 Å². The van der Waals surface area contributed by atoms with Crippen LogP contribution < -0.4 is 21.1 Å². The second-order valence-electron chi connectivity index (χ2n) is 9.09. The van der Waals surface area contributed by atoms with Gasteiger partial charge in [-0.05, 0) is 54.8 Å². The minimum atomic E-state index is -0.938. The Morgan fingerprint density at radius 3 is 2.86 bits per heavy atom. The summed E-state index contributed by atoms with van der Waals surface area (Å²) in [5.41, 5.74) is 2.09. The van der Waals surface area contributed by atoms with Gasteiger partial charge >= 0.3 is 6.09 Å². The molecule has 3 atom stereocenters. The molecular formula is C25H23FN4O5S. The predicted octanol–water partition coefficient (Wildman–Crippen LogP) is 2.61. The lowest BCUT2D eigenvalue weighted by Crippen LogP contribution is -2.34. The van der Waals surface area contributed by atoms with Crippen LogP contribution >= 0.6 is 11.8 Å². The molecule has 186 valence electrons. The van der Waals surface area contributed by atoms with Crippen molar-refractivity contribution in [2.75, 3.05) is 29.1 Å². The van der Waals surface area contributed by atoms with Crippen LogP contribution in [0.3, 0.4) is 0 Å². The maximum atomic E-state index is 14.6. The van der Waals surface area contributed by atoms with E-state index in [0.29, 0.717) is 41.3 Å². The largest absolute Gasteiger partial charge is 0.441 e. The number of aliphatic hydroxyl groups is 1. The summed E-state index contributed by atoms with van der Waals surface area (Å²) < 4.78 is 21.6. The van der Waals surface area contributed by atoms with Gasteiger partial charge < -0.3 is 25.0 Å². The number of benzene rings is 2. The summed E-state index contributed by atoms with van der Waals surface area (Å²) in [5.74, 6) is -0.121. The van der Waals surface area contributed by atoms with E-state index in [-0.39, 0.29) is 30.2 Å². The standard InChI is InChI=1S/C25H23FN4O5S/c26-15-4-1-13-2-6-22(33)30-10-17(23(15)24(13)30)27-8-7-18(31)19-11-29(25(34)35-19)14-3-5-20-16(9-14)28-21(32)12-36-20/h1-6,9,17-19,27,31H,7-8,10-12H2,(H,28,32)/t17-,18-,19-/m0/s1. The Balaban J connectivity index is 1.09. The van der Waals surface area contributed by atoms with E-state index < -0.39 is 24.3 Å². The highest BCUT2D eigenvalue weighted by Gasteiger charge is 2.37. The Morgan fingerprint density at radius 1 is 1.17 bits per heavy atom. The summed E-state index contributed by atoms with van der Waals surface area (Å²) in [6.07, 6.45) is -1.97. The number of fused-ring (bicyclic) bond motifs is 1. The molecule has 9 nitrogen and oxygen atoms in total. The van der Waals surface area contributed by atoms with Gasteiger partial charge in [-0.2, -0.15) is 0 Å². The molecule has 0 saturated carbocycles. The molecule has 0 aliphatic carbocycles. The summed E-state index contributed by atoms with van der Waals surface area (Å²) in [5, 5.41) is 17.6. The van der Waals surface area contributed by atoms with E-state index in [4.69, 9.17) is 4.74 Å². The van der Waals surface area contributed by atoms with Crippen molar-refractivity contribution in [2.45, 2.75) is 36.1 Å². The molecule has 2 aromatic carbocycles. The zero-order valence-electron chi connectivity index (χ0n) is 19.1. The number of carbonyl (C=O) groups is 2. The van der Waals surface area contributed by atoms with E-state index in [9.17, 15) is 23.9 Å². The molecule has 4 heterocycles. The molecule has 0 spiro atoms. The van der Waals surface area contributed by atoms with Gasteiger partial charge in [0.1, 0.15) is 11.9 Å². The molecule has 3 aliphatic rings. The smallest absolute Gasteiger partial charge is 0.414 e. The molecule has 1 aromatic heterocycles. The van der Waals surface area contributed by atoms with Crippen molar-refractivity contribution in [3.63, 3.8) is 0 Å². The van der Waals surface area contributed by atoms with Gasteiger partial charge in [0, 0.05) is 28.8 Å². The summed E-state index contributed by atoms with van der Waals surface area (Å²) in [7, 11) is 0. The molecule has 0 bridgehead atoms. The van der Waals surface area contributed by atoms with Crippen LogP contribution in [-0.2, 0) is 16.1 Å². The van der Waals surface area contributed by atoms with E-state index in [1.54, 1.807) is 28.8 Å². The second kappa shape index (κ2) is 8.91. The van der Waals surface area contributed by atoms with Crippen molar-refractivity contribution in [3.05, 3.63) is 64.2 Å². The number of rotatable bonds is 6. The number of amides is 2. The summed E-state index contributed by atoms with van der Waals surface area (Å²) >= 11 is 1.43. The third-order valence-electron chi connectivity index (χ3n) is 6.85. The third-order valence-corrected chi connectivity index (χ3v) is 7.93. The predicted molar refractivity (Wildman–Crippen MR) is 133 cm³/mol. The number of hydrogen-bond acceptors (Lipinski definition) is 7. The van der Waals surface area contributed by atoms with Crippen LogP contribution in [0.15, 0.2) is 52.2 Å². The number of aliphatic hydroxyl groups excluding tert-OH is 1. The summed E-state index contributed by atoms with van der Waals surface area (Å²) in [4.78, 5) is 38.9. The van der Waals surface area contributed by atoms with E-state index in [0.717, 1.165) is 10.3 Å². The normalized spacial score (nSPS) is 21.4. The van der Waals surface area contributed by atoms with Crippen LogP contribution in [0.2, 0.25) is 0 Å². The highest BCUT2D eigenvalue weighted by atomic mass is 32.2. The molecule has 11 heteroatoms. The SMILES string of the molecule is O=C1CSc2ccc(N3C[C@@H]([C@@H](O)CCN[C@H]4Cn5c(=O)ccc6ccc(F)c4c65)OC3=O)cc2N1. The zero-order chi connectivity index (χ0) is 25.0. The minimum Gasteiger partial charge on any atom is -0.441 e. The topological polar surface area (TPSA) is 113 Å². The van der Waals surface area contributed by atoms with Gasteiger partial charge in [-0.25, -0.2) is 9.18 Å². The number of anilines is 2. The lowest BCUT2D eigenvalue weighted by atomic mass is 10.0. The molecule has 0 unspecified atom stereocenters. The van der Waals surface area contributed by atoms with Crippen LogP contribution in [0.4, 0.5) is 20.6 Å². The first-order valence-corrected chi connectivity index (χ1v) is 12.7. The Kier molecular flexibility index (Phi) is 5.70. The van der Waals surface area contributed by atoms with Gasteiger partial charge in [0.15, 0.2) is 0 Å². The molecule has 1 fully saturated rings. The maximum Gasteiger partial charge on any atom is 0.414 e. The first kappa shape index (κ1) is 23.0. The maximum absolute atomic E-state index is 14.6. The van der Waals surface area contributed by atoms with Crippen molar-refractivity contribution < 1.29 is 23.8 Å². The molecule has 36 heavy (non-hydrogen) atoms. The van der Waals surface area contributed by atoms with Crippen molar-refractivity contribution in [2.24, 2.45) is 0 Å². The monoisotopic (exact) mass is 510 g/mol. The second-order valence-corrected chi connectivity index (χ2v) is 10.1. The average Bonchev–Trinajstić information content (AvgIpc) is 3.45.